The fourth-order valence-corrected chi connectivity index (χ4v) is 8.41. The van der Waals surface area contributed by atoms with Gasteiger partial charge in [-0.2, -0.15) is 0 Å². The standard InChI is InChI=1S/C41H30N4S/c1-42-40(27-13-4-2-5-14-27)43-41(28-15-6-3-7-16-28)44-45-36-25-30-18-9-8-17-29(30)24-35(36)32-22-23-34-33-21-20-26-12-10-11-19-31(26)38(33)46-39(34)37(32)45/h2-21,24-25H,22-23H2,1H3,(H,42,43,44). The van der Waals surface area contributed by atoms with Crippen molar-refractivity contribution in [3.63, 3.8) is 0 Å². The number of fused-ring (bicyclic) bond motifs is 10. The normalized spacial score (nSPS) is 13.4. The van der Waals surface area contributed by atoms with Crippen LogP contribution < -0.4 is 5.32 Å². The topological polar surface area (TPSA) is 41.7 Å². The molecule has 5 heteroatoms. The number of thiophene rings is 1. The van der Waals surface area contributed by atoms with Crippen LogP contribution in [0.25, 0.3) is 53.1 Å². The van der Waals surface area contributed by atoms with Crippen molar-refractivity contribution in [2.45, 2.75) is 12.8 Å². The highest BCUT2D eigenvalue weighted by molar-refractivity contribution is 7.23. The highest BCUT2D eigenvalue weighted by Gasteiger charge is 2.29. The van der Waals surface area contributed by atoms with Crippen LogP contribution in [0.5, 0.6) is 0 Å². The zero-order chi connectivity index (χ0) is 30.6. The first-order valence-electron chi connectivity index (χ1n) is 15.7. The van der Waals surface area contributed by atoms with Crippen LogP contribution in [0.4, 0.5) is 0 Å². The summed E-state index contributed by atoms with van der Waals surface area (Å²) in [5, 5.41) is 16.5. The Morgan fingerprint density at radius 2 is 1.28 bits per heavy atom. The van der Waals surface area contributed by atoms with E-state index in [-0.39, 0.29) is 0 Å². The van der Waals surface area contributed by atoms with Gasteiger partial charge >= 0.3 is 0 Å². The number of aromatic nitrogens is 1. The number of benzene rings is 6. The van der Waals surface area contributed by atoms with E-state index >= 15 is 0 Å². The Labute approximate surface area is 271 Å². The monoisotopic (exact) mass is 610 g/mol. The summed E-state index contributed by atoms with van der Waals surface area (Å²) in [6, 6.07) is 47.2. The molecule has 1 aliphatic carbocycles. The SMILES string of the molecule is CNC(=N/C(=N\n1c2c(c3cc4ccccc4cc31)CCc1c-2sc2c1ccc1ccccc12)c1ccccc1)c1ccccc1. The van der Waals surface area contributed by atoms with Gasteiger partial charge in [0.1, 0.15) is 5.84 Å². The van der Waals surface area contributed by atoms with Crippen LogP contribution >= 0.6 is 11.3 Å². The number of rotatable bonds is 3. The third-order valence-corrected chi connectivity index (χ3v) is 10.5. The summed E-state index contributed by atoms with van der Waals surface area (Å²) < 4.78 is 3.54. The second-order valence-corrected chi connectivity index (χ2v) is 12.8. The molecule has 4 nitrogen and oxygen atoms in total. The molecule has 8 aromatic rings. The molecule has 0 aliphatic heterocycles. The van der Waals surface area contributed by atoms with E-state index in [0.717, 1.165) is 35.3 Å². The fourth-order valence-electron chi connectivity index (χ4n) is 6.97. The molecule has 1 aliphatic rings. The number of hydrogen-bond acceptors (Lipinski definition) is 2. The molecule has 220 valence electrons. The molecule has 0 amide bonds. The second kappa shape index (κ2) is 10.8. The van der Waals surface area contributed by atoms with E-state index < -0.39 is 0 Å². The van der Waals surface area contributed by atoms with Crippen LogP contribution in [0, 0.1) is 0 Å². The van der Waals surface area contributed by atoms with E-state index in [9.17, 15) is 0 Å². The predicted molar refractivity (Wildman–Crippen MR) is 196 cm³/mol. The molecule has 0 bridgehead atoms. The van der Waals surface area contributed by atoms with Crippen LogP contribution in [-0.2, 0) is 12.8 Å². The lowest BCUT2D eigenvalue weighted by molar-refractivity contribution is 0.891. The summed E-state index contributed by atoms with van der Waals surface area (Å²) in [7, 11) is 1.92. The van der Waals surface area contributed by atoms with Crippen molar-refractivity contribution in [2.24, 2.45) is 10.1 Å². The van der Waals surface area contributed by atoms with Gasteiger partial charge in [-0.25, -0.2) is 9.67 Å². The van der Waals surface area contributed by atoms with Gasteiger partial charge in [0.2, 0.25) is 0 Å². The Morgan fingerprint density at radius 3 is 2.04 bits per heavy atom. The van der Waals surface area contributed by atoms with E-state index in [1.807, 2.05) is 54.8 Å². The molecule has 0 fully saturated rings. The summed E-state index contributed by atoms with van der Waals surface area (Å²) in [5.74, 6) is 1.42. The fraction of sp³-hybridized carbons (Fsp3) is 0.0732. The van der Waals surface area contributed by atoms with E-state index in [2.05, 4.69) is 107 Å². The summed E-state index contributed by atoms with van der Waals surface area (Å²) in [4.78, 5) is 6.52. The maximum absolute atomic E-state index is 5.49. The van der Waals surface area contributed by atoms with E-state index in [4.69, 9.17) is 10.1 Å². The van der Waals surface area contributed by atoms with Crippen LogP contribution in [0.1, 0.15) is 22.3 Å². The van der Waals surface area contributed by atoms with Crippen molar-refractivity contribution in [3.8, 4) is 10.6 Å². The third-order valence-electron chi connectivity index (χ3n) is 9.17. The third kappa shape index (κ3) is 4.27. The van der Waals surface area contributed by atoms with Gasteiger partial charge in [-0.1, -0.05) is 121 Å². The zero-order valence-corrected chi connectivity index (χ0v) is 26.2. The quantitative estimate of drug-likeness (QED) is 0.157. The van der Waals surface area contributed by atoms with Gasteiger partial charge in [-0.3, -0.25) is 0 Å². The van der Waals surface area contributed by atoms with E-state index in [1.165, 1.54) is 58.7 Å². The number of aryl methyl sites for hydroxylation is 2. The minimum Gasteiger partial charge on any atom is -0.373 e. The number of amidine groups is 2. The lowest BCUT2D eigenvalue weighted by Crippen LogP contribution is -2.21. The number of aliphatic imine (C=N–C) groups is 1. The minimum atomic E-state index is 0.653. The number of nitrogens with zero attached hydrogens (tertiary/aromatic N) is 3. The summed E-state index contributed by atoms with van der Waals surface area (Å²) in [6.45, 7) is 0. The van der Waals surface area contributed by atoms with Crippen molar-refractivity contribution in [3.05, 3.63) is 156 Å². The Hall–Kier alpha value is -5.52. The molecule has 0 radical (unpaired) electrons. The second-order valence-electron chi connectivity index (χ2n) is 11.8. The van der Waals surface area contributed by atoms with Crippen molar-refractivity contribution in [2.75, 3.05) is 7.05 Å². The highest BCUT2D eigenvalue weighted by Crippen LogP contribution is 2.49. The molecule has 0 atom stereocenters. The lowest BCUT2D eigenvalue weighted by atomic mass is 9.91. The average Bonchev–Trinajstić information content (AvgIpc) is 3.65. The Kier molecular flexibility index (Phi) is 6.32. The van der Waals surface area contributed by atoms with Gasteiger partial charge in [0.25, 0.3) is 0 Å². The largest absolute Gasteiger partial charge is 0.373 e. The van der Waals surface area contributed by atoms with E-state index in [1.54, 1.807) is 0 Å². The van der Waals surface area contributed by atoms with Crippen LogP contribution in [0.2, 0.25) is 0 Å². The molecule has 9 rings (SSSR count). The first kappa shape index (κ1) is 26.8. The maximum Gasteiger partial charge on any atom is 0.182 e. The predicted octanol–water partition coefficient (Wildman–Crippen LogP) is 9.80. The molecular weight excluding hydrogens is 581 g/mol. The summed E-state index contributed by atoms with van der Waals surface area (Å²) in [6.07, 6.45) is 1.98. The summed E-state index contributed by atoms with van der Waals surface area (Å²) >= 11 is 1.91. The molecule has 6 aromatic carbocycles. The van der Waals surface area contributed by atoms with Crippen LogP contribution in [0.15, 0.2) is 144 Å². The van der Waals surface area contributed by atoms with Crippen LogP contribution in [0.3, 0.4) is 0 Å². The van der Waals surface area contributed by atoms with Gasteiger partial charge in [0.05, 0.1) is 16.1 Å². The van der Waals surface area contributed by atoms with Crippen molar-refractivity contribution < 1.29 is 0 Å². The minimum absolute atomic E-state index is 0.653. The first-order chi connectivity index (χ1) is 22.8. The van der Waals surface area contributed by atoms with Gasteiger partial charge in [-0.15, -0.1) is 16.4 Å². The van der Waals surface area contributed by atoms with Crippen molar-refractivity contribution in [1.29, 1.82) is 0 Å². The Bertz CT molecular complexity index is 2500. The molecule has 0 saturated carbocycles. The molecule has 46 heavy (non-hydrogen) atoms. The lowest BCUT2D eigenvalue weighted by Gasteiger charge is -2.15. The summed E-state index contributed by atoms with van der Waals surface area (Å²) in [5.41, 5.74) is 7.05. The van der Waals surface area contributed by atoms with Crippen molar-refractivity contribution >= 4 is 65.5 Å². The van der Waals surface area contributed by atoms with E-state index in [0.29, 0.717) is 5.84 Å². The number of hydrogen-bond donors (Lipinski definition) is 1. The number of nitrogens with one attached hydrogen (secondary N) is 1. The molecular formula is C41H30N4S. The van der Waals surface area contributed by atoms with Gasteiger partial charge < -0.3 is 5.32 Å². The molecule has 2 heterocycles. The average molecular weight is 611 g/mol. The molecule has 1 N–H and O–H groups in total. The van der Waals surface area contributed by atoms with Crippen molar-refractivity contribution in [1.82, 2.24) is 9.99 Å². The Balaban J connectivity index is 1.38. The zero-order valence-electron chi connectivity index (χ0n) is 25.4. The highest BCUT2D eigenvalue weighted by atomic mass is 32.1. The first-order valence-corrected chi connectivity index (χ1v) is 16.5. The smallest absolute Gasteiger partial charge is 0.182 e. The van der Waals surface area contributed by atoms with Gasteiger partial charge in [0.15, 0.2) is 5.84 Å². The van der Waals surface area contributed by atoms with Gasteiger partial charge in [0, 0.05) is 28.3 Å². The molecule has 2 aromatic heterocycles. The molecule has 0 spiro atoms. The Morgan fingerprint density at radius 1 is 0.630 bits per heavy atom. The molecule has 0 saturated heterocycles. The van der Waals surface area contributed by atoms with Crippen LogP contribution in [-0.4, -0.2) is 23.4 Å². The molecule has 0 unspecified atom stereocenters. The maximum atomic E-state index is 5.49. The van der Waals surface area contributed by atoms with Gasteiger partial charge in [-0.05, 0) is 63.0 Å².